The van der Waals surface area contributed by atoms with Crippen molar-refractivity contribution in [2.45, 2.75) is 32.9 Å². The summed E-state index contributed by atoms with van der Waals surface area (Å²) >= 11 is 0. The predicted octanol–water partition coefficient (Wildman–Crippen LogP) is 2.01. The molecular formula is C15H20N4O2. The average Bonchev–Trinajstić information content (AvgIpc) is 2.45. The number of hydrogen-bond acceptors (Lipinski definition) is 5. The summed E-state index contributed by atoms with van der Waals surface area (Å²) in [5, 5.41) is 3.07. The number of ether oxygens (including phenoxy) is 1. The molecule has 2 aromatic rings. The third-order valence-electron chi connectivity index (χ3n) is 3.03. The molecule has 0 fully saturated rings. The van der Waals surface area contributed by atoms with Crippen molar-refractivity contribution in [3.63, 3.8) is 0 Å². The summed E-state index contributed by atoms with van der Waals surface area (Å²) < 4.78 is 6.74. The maximum Gasteiger partial charge on any atom is 0.293 e. The second-order valence-electron chi connectivity index (χ2n) is 5.68. The number of hydrogen-bond donors (Lipinski definition) is 1. The Kier molecular flexibility index (Phi) is 4.26. The second-order valence-corrected chi connectivity index (χ2v) is 5.68. The van der Waals surface area contributed by atoms with Crippen LogP contribution < -0.4 is 15.6 Å². The van der Waals surface area contributed by atoms with Gasteiger partial charge in [-0.15, -0.1) is 0 Å². The van der Waals surface area contributed by atoms with Gasteiger partial charge in [-0.2, -0.15) is 0 Å². The Morgan fingerprint density at radius 1 is 1.29 bits per heavy atom. The van der Waals surface area contributed by atoms with Crippen molar-refractivity contribution in [2.75, 3.05) is 12.4 Å². The summed E-state index contributed by atoms with van der Waals surface area (Å²) in [7, 11) is 1.57. The summed E-state index contributed by atoms with van der Waals surface area (Å²) in [6, 6.07) is 3.68. The van der Waals surface area contributed by atoms with E-state index in [2.05, 4.69) is 15.3 Å². The lowest BCUT2D eigenvalue weighted by molar-refractivity contribution is 0.383. The summed E-state index contributed by atoms with van der Waals surface area (Å²) in [5.41, 5.74) is 0.552. The van der Waals surface area contributed by atoms with Crippen LogP contribution in [0.4, 0.5) is 5.82 Å². The molecule has 0 saturated carbocycles. The normalized spacial score (nSPS) is 11.2. The van der Waals surface area contributed by atoms with Gasteiger partial charge in [0.2, 0.25) is 5.88 Å². The predicted molar refractivity (Wildman–Crippen MR) is 81.6 cm³/mol. The number of rotatable bonds is 4. The Bertz CT molecular complexity index is 674. The minimum absolute atomic E-state index is 0.133. The first-order valence-corrected chi connectivity index (χ1v) is 6.73. The molecule has 0 aromatic carbocycles. The molecular weight excluding hydrogens is 268 g/mol. The Balaban J connectivity index is 2.19. The highest BCUT2D eigenvalue weighted by molar-refractivity contribution is 5.33. The van der Waals surface area contributed by atoms with Crippen molar-refractivity contribution in [1.29, 1.82) is 0 Å². The zero-order valence-electron chi connectivity index (χ0n) is 12.8. The Morgan fingerprint density at radius 3 is 2.71 bits per heavy atom. The van der Waals surface area contributed by atoms with Crippen molar-refractivity contribution >= 4 is 5.82 Å². The van der Waals surface area contributed by atoms with Crippen LogP contribution in [-0.4, -0.2) is 21.6 Å². The van der Waals surface area contributed by atoms with Gasteiger partial charge in [0.05, 0.1) is 7.11 Å². The minimum atomic E-state index is -0.281. The summed E-state index contributed by atoms with van der Waals surface area (Å²) in [5.74, 6) is 0.880. The molecule has 112 valence electrons. The number of nitrogens with one attached hydrogen (secondary N) is 1. The van der Waals surface area contributed by atoms with Gasteiger partial charge in [0.15, 0.2) is 5.82 Å². The number of anilines is 1. The average molecular weight is 288 g/mol. The van der Waals surface area contributed by atoms with E-state index in [-0.39, 0.29) is 11.1 Å². The van der Waals surface area contributed by atoms with Crippen molar-refractivity contribution in [3.05, 3.63) is 46.6 Å². The molecule has 21 heavy (non-hydrogen) atoms. The number of methoxy groups -OCH3 is 1. The molecule has 0 unspecified atom stereocenters. The minimum Gasteiger partial charge on any atom is -0.481 e. The van der Waals surface area contributed by atoms with Gasteiger partial charge in [0, 0.05) is 36.7 Å². The highest BCUT2D eigenvalue weighted by Gasteiger charge is 2.16. The van der Waals surface area contributed by atoms with E-state index in [0.717, 1.165) is 5.56 Å². The van der Waals surface area contributed by atoms with Crippen LogP contribution in [0.3, 0.4) is 0 Å². The summed E-state index contributed by atoms with van der Waals surface area (Å²) in [6.07, 6.45) is 4.99. The quantitative estimate of drug-likeness (QED) is 0.932. The van der Waals surface area contributed by atoms with Crippen LogP contribution in [0.2, 0.25) is 0 Å². The molecule has 0 aliphatic heterocycles. The first-order chi connectivity index (χ1) is 9.91. The molecule has 6 heteroatoms. The number of pyridine rings is 1. The molecule has 0 bridgehead atoms. The van der Waals surface area contributed by atoms with Gasteiger partial charge >= 0.3 is 0 Å². The monoisotopic (exact) mass is 288 g/mol. The Hall–Kier alpha value is -2.37. The van der Waals surface area contributed by atoms with E-state index in [4.69, 9.17) is 4.74 Å². The lowest BCUT2D eigenvalue weighted by Crippen LogP contribution is -2.35. The summed E-state index contributed by atoms with van der Waals surface area (Å²) in [4.78, 5) is 20.5. The van der Waals surface area contributed by atoms with Crippen LogP contribution in [0.25, 0.3) is 0 Å². The van der Waals surface area contributed by atoms with Crippen molar-refractivity contribution < 1.29 is 4.74 Å². The van der Waals surface area contributed by atoms with Gasteiger partial charge in [-0.1, -0.05) is 0 Å². The first kappa shape index (κ1) is 15.0. The lowest BCUT2D eigenvalue weighted by atomic mass is 10.1. The molecule has 0 amide bonds. The fraction of sp³-hybridized carbons (Fsp3) is 0.400. The van der Waals surface area contributed by atoms with Crippen LogP contribution >= 0.6 is 0 Å². The maximum absolute atomic E-state index is 12.4. The molecule has 2 aromatic heterocycles. The van der Waals surface area contributed by atoms with Crippen molar-refractivity contribution in [2.24, 2.45) is 0 Å². The van der Waals surface area contributed by atoms with E-state index in [9.17, 15) is 4.79 Å². The van der Waals surface area contributed by atoms with E-state index < -0.39 is 0 Å². The zero-order valence-corrected chi connectivity index (χ0v) is 12.8. The standard InChI is InChI=1S/C15H20N4O2/c1-15(2,3)19-8-7-17-13(14(19)20)18-10-11-5-6-16-12(9-11)21-4/h5-9H,10H2,1-4H3,(H,17,18). The van der Waals surface area contributed by atoms with Crippen molar-refractivity contribution in [3.8, 4) is 5.88 Å². The van der Waals surface area contributed by atoms with Crippen LogP contribution in [0, 0.1) is 0 Å². The molecule has 0 aliphatic carbocycles. The second kappa shape index (κ2) is 5.95. The number of nitrogens with zero attached hydrogens (tertiary/aromatic N) is 3. The van der Waals surface area contributed by atoms with Gasteiger partial charge < -0.3 is 14.6 Å². The van der Waals surface area contributed by atoms with E-state index >= 15 is 0 Å². The molecule has 0 aliphatic rings. The third kappa shape index (κ3) is 3.59. The molecule has 0 radical (unpaired) electrons. The molecule has 2 heterocycles. The highest BCUT2D eigenvalue weighted by atomic mass is 16.5. The summed E-state index contributed by atoms with van der Waals surface area (Å²) in [6.45, 7) is 6.42. The Labute approximate surface area is 123 Å². The molecule has 0 atom stereocenters. The smallest absolute Gasteiger partial charge is 0.293 e. The van der Waals surface area contributed by atoms with E-state index in [1.165, 1.54) is 0 Å². The third-order valence-corrected chi connectivity index (χ3v) is 3.03. The molecule has 1 N–H and O–H groups in total. The van der Waals surface area contributed by atoms with Crippen LogP contribution in [0.1, 0.15) is 26.3 Å². The topological polar surface area (TPSA) is 69.0 Å². The first-order valence-electron chi connectivity index (χ1n) is 6.73. The molecule has 2 rings (SSSR count). The molecule has 6 nitrogen and oxygen atoms in total. The van der Waals surface area contributed by atoms with Crippen LogP contribution in [-0.2, 0) is 12.1 Å². The van der Waals surface area contributed by atoms with Gasteiger partial charge in [0.25, 0.3) is 5.56 Å². The Morgan fingerprint density at radius 2 is 2.05 bits per heavy atom. The van der Waals surface area contributed by atoms with E-state index in [1.54, 1.807) is 30.3 Å². The molecule has 0 spiro atoms. The van der Waals surface area contributed by atoms with Crippen molar-refractivity contribution in [1.82, 2.24) is 14.5 Å². The van der Waals surface area contributed by atoms with Gasteiger partial charge in [0.1, 0.15) is 0 Å². The van der Waals surface area contributed by atoms with Crippen LogP contribution in [0.5, 0.6) is 5.88 Å². The maximum atomic E-state index is 12.4. The largest absolute Gasteiger partial charge is 0.481 e. The lowest BCUT2D eigenvalue weighted by Gasteiger charge is -2.22. The number of aromatic nitrogens is 3. The van der Waals surface area contributed by atoms with E-state index in [1.807, 2.05) is 32.9 Å². The highest BCUT2D eigenvalue weighted by Crippen LogP contribution is 2.12. The zero-order chi connectivity index (χ0) is 15.5. The fourth-order valence-corrected chi connectivity index (χ4v) is 1.92. The van der Waals surface area contributed by atoms with Gasteiger partial charge in [-0.3, -0.25) is 4.79 Å². The fourth-order valence-electron chi connectivity index (χ4n) is 1.92. The van der Waals surface area contributed by atoms with Crippen LogP contribution in [0.15, 0.2) is 35.5 Å². The van der Waals surface area contributed by atoms with E-state index in [0.29, 0.717) is 18.2 Å². The SMILES string of the molecule is COc1cc(CNc2nccn(C(C)(C)C)c2=O)ccn1. The van der Waals surface area contributed by atoms with Gasteiger partial charge in [-0.25, -0.2) is 9.97 Å². The van der Waals surface area contributed by atoms with Gasteiger partial charge in [-0.05, 0) is 32.4 Å². The molecule has 0 saturated heterocycles.